The van der Waals surface area contributed by atoms with Crippen molar-refractivity contribution >= 4 is 21.8 Å². The zero-order valence-corrected chi connectivity index (χ0v) is 18.0. The van der Waals surface area contributed by atoms with Crippen LogP contribution in [0.5, 0.6) is 5.75 Å². The number of pyridine rings is 1. The number of benzene rings is 2. The van der Waals surface area contributed by atoms with Gasteiger partial charge in [0.2, 0.25) is 0 Å². The van der Waals surface area contributed by atoms with Crippen LogP contribution in [-0.2, 0) is 6.54 Å². The van der Waals surface area contributed by atoms with E-state index in [0.29, 0.717) is 39.2 Å². The molecule has 9 heteroatoms. The fourth-order valence-corrected chi connectivity index (χ4v) is 4.24. The van der Waals surface area contributed by atoms with Gasteiger partial charge < -0.3 is 10.1 Å². The number of nitrogens with one attached hydrogen (secondary N) is 1. The summed E-state index contributed by atoms with van der Waals surface area (Å²) in [4.78, 5) is 16.3. The summed E-state index contributed by atoms with van der Waals surface area (Å²) in [5.41, 5.74) is 4.94. The zero-order valence-electron chi connectivity index (χ0n) is 16.4. The lowest BCUT2D eigenvalue weighted by molar-refractivity contribution is -0.0498. The van der Waals surface area contributed by atoms with E-state index in [-0.39, 0.29) is 11.7 Å². The van der Waals surface area contributed by atoms with Crippen molar-refractivity contribution in [3.8, 4) is 34.0 Å². The minimum atomic E-state index is -2.94. The van der Waals surface area contributed by atoms with Crippen LogP contribution in [-0.4, -0.2) is 27.3 Å². The van der Waals surface area contributed by atoms with Crippen molar-refractivity contribution in [1.29, 1.82) is 0 Å². The molecule has 1 N–H and O–H groups in total. The van der Waals surface area contributed by atoms with Crippen LogP contribution in [0.1, 0.15) is 15.9 Å². The van der Waals surface area contributed by atoms with Gasteiger partial charge in [-0.15, -0.1) is 0 Å². The summed E-state index contributed by atoms with van der Waals surface area (Å²) in [7, 11) is 0. The van der Waals surface area contributed by atoms with Crippen LogP contribution in [0.4, 0.5) is 8.78 Å². The van der Waals surface area contributed by atoms with Crippen molar-refractivity contribution in [2.24, 2.45) is 0 Å². The Bertz CT molecular complexity index is 1330. The molecule has 4 aromatic rings. The molecular formula is C23H15BrF2N4O2. The Balaban J connectivity index is 1.70. The highest BCUT2D eigenvalue weighted by atomic mass is 79.9. The van der Waals surface area contributed by atoms with E-state index in [1.807, 2.05) is 24.3 Å². The number of halogens is 3. The van der Waals surface area contributed by atoms with Crippen molar-refractivity contribution in [2.45, 2.75) is 13.2 Å². The first kappa shape index (κ1) is 20.3. The van der Waals surface area contributed by atoms with Crippen LogP contribution in [0.15, 0.2) is 71.5 Å². The van der Waals surface area contributed by atoms with Gasteiger partial charge in [0, 0.05) is 33.9 Å². The predicted molar refractivity (Wildman–Crippen MR) is 118 cm³/mol. The van der Waals surface area contributed by atoms with Crippen LogP contribution >= 0.6 is 15.9 Å². The summed E-state index contributed by atoms with van der Waals surface area (Å²) in [5, 5.41) is 7.62. The molecule has 1 amide bonds. The summed E-state index contributed by atoms with van der Waals surface area (Å²) < 4.78 is 32.5. The number of amides is 1. The molecule has 2 aromatic heterocycles. The van der Waals surface area contributed by atoms with Gasteiger partial charge in [0.1, 0.15) is 5.75 Å². The molecule has 1 aliphatic rings. The van der Waals surface area contributed by atoms with Crippen molar-refractivity contribution in [2.75, 3.05) is 0 Å². The van der Waals surface area contributed by atoms with Crippen LogP contribution < -0.4 is 10.1 Å². The average molecular weight is 497 g/mol. The third-order valence-corrected chi connectivity index (χ3v) is 5.57. The summed E-state index contributed by atoms with van der Waals surface area (Å²) in [5.74, 6) is -0.0881. The fourth-order valence-electron chi connectivity index (χ4n) is 3.77. The maximum Gasteiger partial charge on any atom is 0.387 e. The molecule has 0 radical (unpaired) electrons. The lowest BCUT2D eigenvalue weighted by atomic mass is 10.00. The van der Waals surface area contributed by atoms with E-state index in [9.17, 15) is 13.6 Å². The quantitative estimate of drug-likeness (QED) is 0.411. The zero-order chi connectivity index (χ0) is 22.2. The third-order valence-electron chi connectivity index (χ3n) is 5.11. The first-order valence-electron chi connectivity index (χ1n) is 9.66. The number of hydrogen-bond donors (Lipinski definition) is 1. The first-order chi connectivity index (χ1) is 15.5. The molecule has 1 aliphatic heterocycles. The van der Waals surface area contributed by atoms with Crippen LogP contribution in [0.2, 0.25) is 0 Å². The van der Waals surface area contributed by atoms with Gasteiger partial charge in [-0.2, -0.15) is 13.9 Å². The molecule has 2 aromatic carbocycles. The Morgan fingerprint density at radius 3 is 2.72 bits per heavy atom. The number of carbonyl (C=O) groups is 1. The Morgan fingerprint density at radius 1 is 1.09 bits per heavy atom. The summed E-state index contributed by atoms with van der Waals surface area (Å²) in [6, 6.07) is 15.8. The molecule has 6 nitrogen and oxygen atoms in total. The first-order valence-corrected chi connectivity index (χ1v) is 10.5. The van der Waals surface area contributed by atoms with Crippen molar-refractivity contribution in [3.63, 3.8) is 0 Å². The smallest absolute Gasteiger partial charge is 0.387 e. The largest absolute Gasteiger partial charge is 0.435 e. The topological polar surface area (TPSA) is 69.0 Å². The van der Waals surface area contributed by atoms with Gasteiger partial charge in [0.25, 0.3) is 5.91 Å². The Kier molecular flexibility index (Phi) is 5.18. The predicted octanol–water partition coefficient (Wildman–Crippen LogP) is 5.21. The second-order valence-corrected chi connectivity index (χ2v) is 8.02. The third kappa shape index (κ3) is 3.75. The minimum absolute atomic E-state index is 0.0280. The average Bonchev–Trinajstić information content (AvgIpc) is 3.38. The normalized spacial score (nSPS) is 12.7. The fraction of sp³-hybridized carbons (Fsp3) is 0.0870. The van der Waals surface area contributed by atoms with Gasteiger partial charge >= 0.3 is 6.61 Å². The van der Waals surface area contributed by atoms with Crippen LogP contribution in [0.25, 0.3) is 28.2 Å². The lowest BCUT2D eigenvalue weighted by Crippen LogP contribution is -2.12. The molecular weight excluding hydrogens is 482 g/mol. The molecule has 3 heterocycles. The molecule has 5 rings (SSSR count). The van der Waals surface area contributed by atoms with E-state index >= 15 is 0 Å². The second-order valence-electron chi connectivity index (χ2n) is 7.11. The second kappa shape index (κ2) is 8.16. The van der Waals surface area contributed by atoms with E-state index < -0.39 is 6.61 Å². The van der Waals surface area contributed by atoms with Crippen LogP contribution in [0.3, 0.4) is 0 Å². The number of fused-ring (bicyclic) bond motifs is 1. The van der Waals surface area contributed by atoms with E-state index in [1.54, 1.807) is 35.3 Å². The summed E-state index contributed by atoms with van der Waals surface area (Å²) in [6.45, 7) is -2.52. The van der Waals surface area contributed by atoms with E-state index in [4.69, 9.17) is 5.10 Å². The Morgan fingerprint density at radius 2 is 1.94 bits per heavy atom. The highest BCUT2D eigenvalue weighted by Gasteiger charge is 2.24. The number of aromatic nitrogens is 3. The molecule has 0 fully saturated rings. The molecule has 160 valence electrons. The van der Waals surface area contributed by atoms with Gasteiger partial charge in [0.05, 0.1) is 23.3 Å². The van der Waals surface area contributed by atoms with Crippen molar-refractivity contribution < 1.29 is 18.3 Å². The number of hydrogen-bond acceptors (Lipinski definition) is 4. The van der Waals surface area contributed by atoms with Gasteiger partial charge in [-0.05, 0) is 48.0 Å². The minimum Gasteiger partial charge on any atom is -0.435 e. The number of carbonyl (C=O) groups excluding carboxylic acids is 1. The standard InChI is InChI=1S/C23H15BrF2N4O2/c24-14-7-13(8-16(9-14)32-23(25)26)21-10-20(29-30(21)15-3-2-6-27-11-15)17-4-1-5-18-19(17)12-28-22(18)31/h1-11,23H,12H2,(H,28,31). The number of nitrogens with zero attached hydrogens (tertiary/aromatic N) is 3. The van der Waals surface area contributed by atoms with Gasteiger partial charge in [-0.1, -0.05) is 28.1 Å². The molecule has 0 unspecified atom stereocenters. The Labute approximate surface area is 190 Å². The maximum absolute atomic E-state index is 12.8. The summed E-state index contributed by atoms with van der Waals surface area (Å²) >= 11 is 3.37. The van der Waals surface area contributed by atoms with Gasteiger partial charge in [0.15, 0.2) is 0 Å². The monoisotopic (exact) mass is 496 g/mol. The number of rotatable bonds is 5. The van der Waals surface area contributed by atoms with Crippen LogP contribution in [0, 0.1) is 0 Å². The maximum atomic E-state index is 12.8. The molecule has 0 atom stereocenters. The van der Waals surface area contributed by atoms with Gasteiger partial charge in [-0.25, -0.2) is 4.68 Å². The van der Waals surface area contributed by atoms with Gasteiger partial charge in [-0.3, -0.25) is 9.78 Å². The van der Waals surface area contributed by atoms with E-state index in [0.717, 1.165) is 11.1 Å². The van der Waals surface area contributed by atoms with Crippen molar-refractivity contribution in [3.05, 3.63) is 82.6 Å². The molecule has 32 heavy (non-hydrogen) atoms. The van der Waals surface area contributed by atoms with E-state index in [2.05, 4.69) is 31.0 Å². The molecule has 0 saturated heterocycles. The number of ether oxygens (including phenoxy) is 1. The van der Waals surface area contributed by atoms with Crippen molar-refractivity contribution in [1.82, 2.24) is 20.1 Å². The highest BCUT2D eigenvalue weighted by molar-refractivity contribution is 9.10. The summed E-state index contributed by atoms with van der Waals surface area (Å²) in [6.07, 6.45) is 3.32. The lowest BCUT2D eigenvalue weighted by Gasteiger charge is -2.10. The number of alkyl halides is 2. The molecule has 0 bridgehead atoms. The highest BCUT2D eigenvalue weighted by Crippen LogP contribution is 2.35. The molecule has 0 aliphatic carbocycles. The van der Waals surface area contributed by atoms with E-state index in [1.165, 1.54) is 12.1 Å². The molecule has 0 saturated carbocycles. The SMILES string of the molecule is O=C1NCc2c1cccc2-c1cc(-c2cc(Br)cc(OC(F)F)c2)n(-c2cccnc2)n1. The molecule has 0 spiro atoms. The Hall–Kier alpha value is -3.59.